The van der Waals surface area contributed by atoms with Gasteiger partial charge in [0.1, 0.15) is 18.4 Å². The summed E-state index contributed by atoms with van der Waals surface area (Å²) in [5.41, 5.74) is 8.27. The molecule has 2 aromatic heterocycles. The molecule has 0 aliphatic rings. The predicted molar refractivity (Wildman–Crippen MR) is 133 cm³/mol. The fourth-order valence-electron chi connectivity index (χ4n) is 4.03. The molecule has 0 aliphatic carbocycles. The van der Waals surface area contributed by atoms with Gasteiger partial charge in [-0.1, -0.05) is 60.7 Å². The monoisotopic (exact) mass is 486 g/mol. The van der Waals surface area contributed by atoms with E-state index in [-0.39, 0.29) is 37.4 Å². The standard InChI is InChI=1S/C26H26N6O4/c27-24-23-25(29-15-28-24)32(16-30-23)14-22(34)31-20(12-18-9-5-2-6-10-18)21(33)13-19(26(35)36)11-17-7-3-1-4-8-17/h1-10,15-16,19-20H,11-14H2,(H,31,34)(H,35,36)(H2,27,28,29). The number of fused-ring (bicyclic) bond motifs is 1. The number of nitrogens with two attached hydrogens (primary N) is 1. The van der Waals surface area contributed by atoms with Crippen molar-refractivity contribution in [3.63, 3.8) is 0 Å². The number of hydrogen-bond donors (Lipinski definition) is 3. The van der Waals surface area contributed by atoms with E-state index in [4.69, 9.17) is 5.73 Å². The number of benzene rings is 2. The highest BCUT2D eigenvalue weighted by molar-refractivity contribution is 5.92. The van der Waals surface area contributed by atoms with E-state index in [2.05, 4.69) is 20.3 Å². The smallest absolute Gasteiger partial charge is 0.307 e. The summed E-state index contributed by atoms with van der Waals surface area (Å²) in [6.07, 6.45) is 2.97. The molecule has 0 bridgehead atoms. The molecule has 1 amide bonds. The van der Waals surface area contributed by atoms with Crippen LogP contribution in [0.4, 0.5) is 5.82 Å². The van der Waals surface area contributed by atoms with Gasteiger partial charge in [0.25, 0.3) is 0 Å². The summed E-state index contributed by atoms with van der Waals surface area (Å²) >= 11 is 0. The summed E-state index contributed by atoms with van der Waals surface area (Å²) in [7, 11) is 0. The number of carboxylic acids is 1. The Balaban J connectivity index is 1.50. The minimum atomic E-state index is -1.06. The van der Waals surface area contributed by atoms with Gasteiger partial charge >= 0.3 is 5.97 Å². The van der Waals surface area contributed by atoms with Crippen LogP contribution in [-0.4, -0.2) is 48.3 Å². The molecule has 0 radical (unpaired) electrons. The maximum atomic E-state index is 13.3. The highest BCUT2D eigenvalue weighted by Gasteiger charge is 2.28. The first-order chi connectivity index (χ1) is 17.4. The van der Waals surface area contributed by atoms with E-state index in [1.54, 1.807) is 0 Å². The topological polar surface area (TPSA) is 153 Å². The third kappa shape index (κ3) is 6.09. The number of anilines is 1. The number of aliphatic carboxylic acids is 1. The minimum Gasteiger partial charge on any atom is -0.481 e. The van der Waals surface area contributed by atoms with Gasteiger partial charge in [-0.2, -0.15) is 0 Å². The lowest BCUT2D eigenvalue weighted by Gasteiger charge is -2.20. The quantitative estimate of drug-likeness (QED) is 0.291. The van der Waals surface area contributed by atoms with Crippen LogP contribution in [0.5, 0.6) is 0 Å². The van der Waals surface area contributed by atoms with Crippen LogP contribution in [-0.2, 0) is 33.8 Å². The molecule has 10 nitrogen and oxygen atoms in total. The molecule has 4 N–H and O–H groups in total. The molecule has 0 aliphatic heterocycles. The molecule has 0 fully saturated rings. The average molecular weight is 487 g/mol. The number of carboxylic acid groups (broad SMARTS) is 1. The minimum absolute atomic E-state index is 0.141. The van der Waals surface area contributed by atoms with E-state index in [1.807, 2.05) is 60.7 Å². The molecule has 4 rings (SSSR count). The van der Waals surface area contributed by atoms with Gasteiger partial charge in [-0.15, -0.1) is 0 Å². The Morgan fingerprint density at radius 2 is 1.56 bits per heavy atom. The van der Waals surface area contributed by atoms with Gasteiger partial charge in [0.2, 0.25) is 5.91 Å². The highest BCUT2D eigenvalue weighted by Crippen LogP contribution is 2.17. The van der Waals surface area contributed by atoms with Crippen molar-refractivity contribution in [2.45, 2.75) is 31.8 Å². The van der Waals surface area contributed by atoms with Crippen molar-refractivity contribution < 1.29 is 19.5 Å². The summed E-state index contributed by atoms with van der Waals surface area (Å²) < 4.78 is 1.52. The summed E-state index contributed by atoms with van der Waals surface area (Å²) in [5, 5.41) is 12.5. The molecular weight excluding hydrogens is 460 g/mol. The Morgan fingerprint density at radius 3 is 2.19 bits per heavy atom. The van der Waals surface area contributed by atoms with Crippen LogP contribution < -0.4 is 11.1 Å². The number of ketones is 1. The number of rotatable bonds is 11. The molecule has 36 heavy (non-hydrogen) atoms. The number of nitrogens with zero attached hydrogens (tertiary/aromatic N) is 4. The lowest BCUT2D eigenvalue weighted by molar-refractivity contribution is -0.144. The lowest BCUT2D eigenvalue weighted by atomic mass is 9.90. The van der Waals surface area contributed by atoms with E-state index in [1.165, 1.54) is 17.2 Å². The van der Waals surface area contributed by atoms with Crippen molar-refractivity contribution in [2.24, 2.45) is 5.92 Å². The van der Waals surface area contributed by atoms with Crippen LogP contribution in [0.1, 0.15) is 17.5 Å². The first-order valence-corrected chi connectivity index (χ1v) is 11.4. The molecule has 2 atom stereocenters. The Bertz CT molecular complexity index is 1360. The van der Waals surface area contributed by atoms with E-state index in [0.717, 1.165) is 11.1 Å². The first kappa shape index (κ1) is 24.5. The van der Waals surface area contributed by atoms with Crippen molar-refractivity contribution in [1.82, 2.24) is 24.8 Å². The molecular formula is C26H26N6O4. The second-order valence-electron chi connectivity index (χ2n) is 8.51. The second kappa shape index (κ2) is 11.2. The second-order valence-corrected chi connectivity index (χ2v) is 8.51. The van der Waals surface area contributed by atoms with Gasteiger partial charge in [0.15, 0.2) is 17.2 Å². The van der Waals surface area contributed by atoms with Crippen molar-refractivity contribution in [3.8, 4) is 0 Å². The summed E-state index contributed by atoms with van der Waals surface area (Å²) in [6, 6.07) is 17.5. The van der Waals surface area contributed by atoms with Gasteiger partial charge < -0.3 is 20.7 Å². The predicted octanol–water partition coefficient (Wildman–Crippen LogP) is 2.04. The normalized spacial score (nSPS) is 12.7. The number of nitrogens with one attached hydrogen (secondary N) is 1. The van der Waals surface area contributed by atoms with Crippen LogP contribution in [0.15, 0.2) is 73.3 Å². The number of aromatic nitrogens is 4. The fraction of sp³-hybridized carbons (Fsp3) is 0.231. The summed E-state index contributed by atoms with van der Waals surface area (Å²) in [5.74, 6) is -2.55. The first-order valence-electron chi connectivity index (χ1n) is 11.4. The van der Waals surface area contributed by atoms with Gasteiger partial charge in [0, 0.05) is 6.42 Å². The number of nitrogen functional groups attached to an aromatic ring is 1. The van der Waals surface area contributed by atoms with Crippen LogP contribution >= 0.6 is 0 Å². The Labute approximate surface area is 207 Å². The number of carbonyl (C=O) groups excluding carboxylic acids is 2. The van der Waals surface area contributed by atoms with E-state index < -0.39 is 23.8 Å². The zero-order valence-electron chi connectivity index (χ0n) is 19.4. The average Bonchev–Trinajstić information content (AvgIpc) is 3.28. The van der Waals surface area contributed by atoms with E-state index in [9.17, 15) is 19.5 Å². The van der Waals surface area contributed by atoms with Crippen molar-refractivity contribution >= 4 is 34.6 Å². The van der Waals surface area contributed by atoms with E-state index in [0.29, 0.717) is 11.2 Å². The van der Waals surface area contributed by atoms with Crippen molar-refractivity contribution in [2.75, 3.05) is 5.73 Å². The Morgan fingerprint density at radius 1 is 0.917 bits per heavy atom. The van der Waals surface area contributed by atoms with Gasteiger partial charge in [-0.25, -0.2) is 15.0 Å². The van der Waals surface area contributed by atoms with Crippen molar-refractivity contribution in [1.29, 1.82) is 0 Å². The number of imidazole rings is 1. The summed E-state index contributed by atoms with van der Waals surface area (Å²) in [4.78, 5) is 50.4. The maximum Gasteiger partial charge on any atom is 0.307 e. The van der Waals surface area contributed by atoms with Crippen LogP contribution in [0.25, 0.3) is 11.2 Å². The van der Waals surface area contributed by atoms with E-state index >= 15 is 0 Å². The molecule has 2 aromatic carbocycles. The fourth-order valence-corrected chi connectivity index (χ4v) is 4.03. The van der Waals surface area contributed by atoms with Gasteiger partial charge in [-0.05, 0) is 24.0 Å². The molecule has 0 saturated carbocycles. The maximum absolute atomic E-state index is 13.3. The highest BCUT2D eigenvalue weighted by atomic mass is 16.4. The number of amides is 1. The van der Waals surface area contributed by atoms with Crippen LogP contribution in [0, 0.1) is 5.92 Å². The molecule has 2 heterocycles. The third-order valence-electron chi connectivity index (χ3n) is 5.87. The molecule has 0 spiro atoms. The van der Waals surface area contributed by atoms with Crippen LogP contribution in [0.3, 0.4) is 0 Å². The molecule has 184 valence electrons. The third-order valence-corrected chi connectivity index (χ3v) is 5.87. The van der Waals surface area contributed by atoms with Crippen molar-refractivity contribution in [3.05, 3.63) is 84.4 Å². The van der Waals surface area contributed by atoms with Crippen LogP contribution in [0.2, 0.25) is 0 Å². The number of Topliss-reactive ketones (excluding diaryl/α,β-unsaturated/α-hetero) is 1. The summed E-state index contributed by atoms with van der Waals surface area (Å²) in [6.45, 7) is -0.141. The zero-order valence-corrected chi connectivity index (χ0v) is 19.4. The molecule has 2 unspecified atom stereocenters. The number of carbonyl (C=O) groups is 3. The lowest BCUT2D eigenvalue weighted by Crippen LogP contribution is -2.44. The van der Waals surface area contributed by atoms with Gasteiger partial charge in [-0.3, -0.25) is 14.4 Å². The largest absolute Gasteiger partial charge is 0.481 e. The molecule has 0 saturated heterocycles. The molecule has 4 aromatic rings. The van der Waals surface area contributed by atoms with Gasteiger partial charge in [0.05, 0.1) is 18.3 Å². The SMILES string of the molecule is Nc1ncnc2c1ncn2CC(=O)NC(Cc1ccccc1)C(=O)CC(Cc1ccccc1)C(=O)O. The number of hydrogen-bond acceptors (Lipinski definition) is 7. The Hall–Kier alpha value is -4.60. The zero-order chi connectivity index (χ0) is 25.5. The molecule has 10 heteroatoms. The Kier molecular flexibility index (Phi) is 7.64.